The van der Waals surface area contributed by atoms with Gasteiger partial charge in [0.05, 0.1) is 33.6 Å². The monoisotopic (exact) mass is 649 g/mol. The first-order chi connectivity index (χ1) is 24.4. The van der Waals surface area contributed by atoms with Gasteiger partial charge in [-0.15, -0.1) is 0 Å². The highest BCUT2D eigenvalue weighted by atomic mass is 16.3. The maximum Gasteiger partial charge on any atom is 0.220 e. The van der Waals surface area contributed by atoms with Gasteiger partial charge in [-0.25, -0.2) is 9.97 Å². The number of phenols is 1. The zero-order valence-corrected chi connectivity index (χ0v) is 28.1. The summed E-state index contributed by atoms with van der Waals surface area (Å²) in [6.45, 7) is 6.76. The van der Waals surface area contributed by atoms with Crippen LogP contribution < -0.4 is 0 Å². The molecule has 3 heterocycles. The Hall–Kier alpha value is -6.40. The third-order valence-corrected chi connectivity index (χ3v) is 9.57. The molecule has 0 atom stereocenters. The Morgan fingerprint density at radius 3 is 1.96 bits per heavy atom. The van der Waals surface area contributed by atoms with Crippen LogP contribution in [0.25, 0.3) is 73.0 Å². The van der Waals surface area contributed by atoms with Crippen LogP contribution in [0.15, 0.2) is 152 Å². The molecule has 50 heavy (non-hydrogen) atoms. The van der Waals surface area contributed by atoms with Gasteiger partial charge in [-0.3, -0.25) is 13.5 Å². The Morgan fingerprint density at radius 2 is 1.22 bits per heavy atom. The first kappa shape index (κ1) is 29.7. The molecule has 6 nitrogen and oxygen atoms in total. The van der Waals surface area contributed by atoms with Gasteiger partial charge >= 0.3 is 0 Å². The molecule has 0 saturated carbocycles. The number of hydrogen-bond donors (Lipinski definition) is 1. The van der Waals surface area contributed by atoms with Crippen molar-refractivity contribution in [3.63, 3.8) is 0 Å². The van der Waals surface area contributed by atoms with Crippen LogP contribution in [-0.4, -0.2) is 28.6 Å². The second kappa shape index (κ2) is 11.3. The fourth-order valence-electron chi connectivity index (χ4n) is 7.07. The Balaban J connectivity index is 1.31. The summed E-state index contributed by atoms with van der Waals surface area (Å²) in [6, 6.07) is 49.7. The number of imidazole rings is 3. The van der Waals surface area contributed by atoms with Crippen LogP contribution in [0.4, 0.5) is 0 Å². The van der Waals surface area contributed by atoms with Gasteiger partial charge in [0.1, 0.15) is 17.1 Å². The van der Waals surface area contributed by atoms with Gasteiger partial charge in [0.25, 0.3) is 0 Å². The lowest BCUT2D eigenvalue weighted by atomic mass is 9.85. The highest BCUT2D eigenvalue weighted by molar-refractivity contribution is 5.98. The number of para-hydroxylation sites is 5. The van der Waals surface area contributed by atoms with Crippen molar-refractivity contribution in [3.05, 3.63) is 157 Å². The van der Waals surface area contributed by atoms with Crippen molar-refractivity contribution in [3.8, 4) is 50.9 Å². The van der Waals surface area contributed by atoms with Crippen molar-refractivity contribution < 1.29 is 5.11 Å². The summed E-state index contributed by atoms with van der Waals surface area (Å²) in [7, 11) is 0. The van der Waals surface area contributed by atoms with E-state index in [4.69, 9.17) is 9.97 Å². The average Bonchev–Trinajstić information content (AvgIpc) is 3.84. The van der Waals surface area contributed by atoms with Gasteiger partial charge in [-0.05, 0) is 59.0 Å². The Kier molecular flexibility index (Phi) is 6.74. The van der Waals surface area contributed by atoms with Crippen molar-refractivity contribution >= 4 is 27.8 Å². The standard InChI is InChI=1S/C44H35N5O/c1-44(2,3)31-25-26-35(33(27-31)29-15-6-4-7-16-29)47-28-34(45-42(47)30-17-8-5-9-18-30)32-19-14-23-39-41(32)46-43-48(38-22-12-13-24-40(38)50)36-20-10-11-21-37(36)49(39)43/h4-28,50H,1-3H3. The minimum atomic E-state index is -0.00930. The summed E-state index contributed by atoms with van der Waals surface area (Å²) >= 11 is 0. The number of aromatic nitrogens is 5. The third-order valence-electron chi connectivity index (χ3n) is 9.57. The van der Waals surface area contributed by atoms with E-state index in [1.165, 1.54) is 5.56 Å². The second-order valence-electron chi connectivity index (χ2n) is 13.8. The van der Waals surface area contributed by atoms with Crippen LogP contribution in [0, 0.1) is 0 Å². The van der Waals surface area contributed by atoms with Crippen molar-refractivity contribution in [1.29, 1.82) is 0 Å². The minimum Gasteiger partial charge on any atom is -0.506 e. The van der Waals surface area contributed by atoms with Crippen molar-refractivity contribution in [2.45, 2.75) is 26.2 Å². The number of aromatic hydroxyl groups is 1. The zero-order valence-electron chi connectivity index (χ0n) is 28.1. The maximum atomic E-state index is 11.0. The molecule has 9 rings (SSSR count). The average molecular weight is 650 g/mol. The lowest BCUT2D eigenvalue weighted by molar-refractivity contribution is 0.473. The van der Waals surface area contributed by atoms with Gasteiger partial charge in [-0.1, -0.05) is 124 Å². The molecule has 9 aromatic rings. The number of rotatable bonds is 5. The van der Waals surface area contributed by atoms with E-state index < -0.39 is 0 Å². The highest BCUT2D eigenvalue weighted by Crippen LogP contribution is 2.39. The third kappa shape index (κ3) is 4.71. The summed E-state index contributed by atoms with van der Waals surface area (Å²) < 4.78 is 6.44. The van der Waals surface area contributed by atoms with Crippen LogP contribution in [0.3, 0.4) is 0 Å². The molecule has 6 heteroatoms. The number of fused-ring (bicyclic) bond motifs is 5. The fourth-order valence-corrected chi connectivity index (χ4v) is 7.07. The lowest BCUT2D eigenvalue weighted by Crippen LogP contribution is -2.12. The van der Waals surface area contributed by atoms with Gasteiger partial charge in [0, 0.05) is 22.9 Å². The van der Waals surface area contributed by atoms with E-state index in [0.717, 1.165) is 67.3 Å². The molecule has 0 bridgehead atoms. The first-order valence-electron chi connectivity index (χ1n) is 16.9. The first-order valence-corrected chi connectivity index (χ1v) is 16.9. The summed E-state index contributed by atoms with van der Waals surface area (Å²) in [4.78, 5) is 10.7. The number of nitrogens with zero attached hydrogens (tertiary/aromatic N) is 5. The number of phenolic OH excluding ortho intramolecular Hbond substituents is 1. The zero-order chi connectivity index (χ0) is 34.0. The van der Waals surface area contributed by atoms with Gasteiger partial charge in [0.2, 0.25) is 5.78 Å². The Bertz CT molecular complexity index is 2690. The van der Waals surface area contributed by atoms with Gasteiger partial charge in [-0.2, -0.15) is 0 Å². The van der Waals surface area contributed by atoms with Crippen molar-refractivity contribution in [2.75, 3.05) is 0 Å². The molecule has 0 aliphatic heterocycles. The molecule has 0 unspecified atom stereocenters. The van der Waals surface area contributed by atoms with Crippen LogP contribution in [0.2, 0.25) is 0 Å². The molecule has 0 aliphatic rings. The van der Waals surface area contributed by atoms with Gasteiger partial charge in [0.15, 0.2) is 0 Å². The molecule has 0 amide bonds. The predicted octanol–water partition coefficient (Wildman–Crippen LogP) is 10.6. The molecule has 1 N–H and O–H groups in total. The smallest absolute Gasteiger partial charge is 0.220 e. The maximum absolute atomic E-state index is 11.0. The number of benzene rings is 6. The van der Waals surface area contributed by atoms with Gasteiger partial charge < -0.3 is 5.11 Å². The summed E-state index contributed by atoms with van der Waals surface area (Å²) in [5, 5.41) is 11.0. The molecule has 6 aromatic carbocycles. The van der Waals surface area contributed by atoms with Crippen LogP contribution in [0.5, 0.6) is 5.75 Å². The summed E-state index contributed by atoms with van der Waals surface area (Å²) in [5.74, 6) is 1.77. The largest absolute Gasteiger partial charge is 0.506 e. The molecule has 0 radical (unpaired) electrons. The second-order valence-corrected chi connectivity index (χ2v) is 13.8. The van der Waals surface area contributed by atoms with Crippen LogP contribution in [-0.2, 0) is 5.41 Å². The minimum absolute atomic E-state index is 0.00930. The molecular formula is C44H35N5O. The Morgan fingerprint density at radius 1 is 0.560 bits per heavy atom. The van der Waals surface area contributed by atoms with E-state index in [-0.39, 0.29) is 11.2 Å². The predicted molar refractivity (Wildman–Crippen MR) is 203 cm³/mol. The quantitative estimate of drug-likeness (QED) is 0.202. The fraction of sp³-hybridized carbons (Fsp3) is 0.0909. The summed E-state index contributed by atoms with van der Waals surface area (Å²) in [6.07, 6.45) is 2.15. The summed E-state index contributed by atoms with van der Waals surface area (Å²) in [5.41, 5.74) is 11.9. The Labute approximate surface area is 290 Å². The molecule has 0 fully saturated rings. The molecule has 0 saturated heterocycles. The van der Waals surface area contributed by atoms with E-state index in [2.05, 4.69) is 139 Å². The van der Waals surface area contributed by atoms with E-state index in [9.17, 15) is 5.11 Å². The molecule has 3 aromatic heterocycles. The van der Waals surface area contributed by atoms with Crippen LogP contribution in [0.1, 0.15) is 26.3 Å². The van der Waals surface area contributed by atoms with E-state index >= 15 is 0 Å². The van der Waals surface area contributed by atoms with Crippen molar-refractivity contribution in [1.82, 2.24) is 23.5 Å². The van der Waals surface area contributed by atoms with Crippen molar-refractivity contribution in [2.24, 2.45) is 0 Å². The topological polar surface area (TPSA) is 60.3 Å². The van der Waals surface area contributed by atoms with E-state index in [1.807, 2.05) is 41.0 Å². The lowest BCUT2D eigenvalue weighted by Gasteiger charge is -2.22. The molecule has 0 spiro atoms. The van der Waals surface area contributed by atoms with Crippen LogP contribution >= 0.6 is 0 Å². The normalized spacial score (nSPS) is 12.0. The SMILES string of the molecule is CC(C)(C)c1ccc(-n2cc(-c3cccc4c3nc3n(-c5ccccc5O)c5ccccc5n43)nc2-c2ccccc2)c(-c2ccccc2)c1. The number of hydrogen-bond acceptors (Lipinski definition) is 3. The molecule has 0 aliphatic carbocycles. The molecular weight excluding hydrogens is 615 g/mol. The highest BCUT2D eigenvalue weighted by Gasteiger charge is 2.24. The van der Waals surface area contributed by atoms with E-state index in [1.54, 1.807) is 6.07 Å². The van der Waals surface area contributed by atoms with E-state index in [0.29, 0.717) is 5.69 Å². The molecule has 242 valence electrons.